The standard InChI is InChI=1S/C9H15NO3/c1-7(12)5-8(13)10-9(6-11)3-2-4-9/h11H,2-6H2,1H3,(H,10,13). The van der Waals surface area contributed by atoms with Gasteiger partial charge in [-0.25, -0.2) is 0 Å². The second-order valence-electron chi connectivity index (χ2n) is 3.72. The molecule has 0 aliphatic heterocycles. The van der Waals surface area contributed by atoms with E-state index in [9.17, 15) is 9.59 Å². The fourth-order valence-corrected chi connectivity index (χ4v) is 1.49. The quantitative estimate of drug-likeness (QED) is 0.606. The number of aliphatic hydroxyl groups excluding tert-OH is 1. The summed E-state index contributed by atoms with van der Waals surface area (Å²) in [5.41, 5.74) is -0.424. The van der Waals surface area contributed by atoms with Crippen LogP contribution in [0.4, 0.5) is 0 Å². The molecule has 1 rings (SSSR count). The molecule has 0 atom stereocenters. The molecule has 1 saturated carbocycles. The van der Waals surface area contributed by atoms with Crippen LogP contribution in [-0.2, 0) is 9.59 Å². The molecule has 1 aliphatic rings. The van der Waals surface area contributed by atoms with Gasteiger partial charge in [-0.2, -0.15) is 0 Å². The lowest BCUT2D eigenvalue weighted by Crippen LogP contribution is -2.56. The number of hydrogen-bond acceptors (Lipinski definition) is 3. The van der Waals surface area contributed by atoms with Crippen molar-refractivity contribution in [2.75, 3.05) is 6.61 Å². The summed E-state index contributed by atoms with van der Waals surface area (Å²) in [6.07, 6.45) is 2.57. The lowest BCUT2D eigenvalue weighted by Gasteiger charge is -2.40. The highest BCUT2D eigenvalue weighted by Crippen LogP contribution is 2.31. The van der Waals surface area contributed by atoms with E-state index in [0.29, 0.717) is 0 Å². The highest BCUT2D eigenvalue weighted by atomic mass is 16.3. The number of Topliss-reactive ketones (excluding diaryl/α,β-unsaturated/α-hetero) is 1. The van der Waals surface area contributed by atoms with Gasteiger partial charge in [0.25, 0.3) is 0 Å². The van der Waals surface area contributed by atoms with Crippen molar-refractivity contribution in [2.24, 2.45) is 0 Å². The van der Waals surface area contributed by atoms with Crippen LogP contribution in [0.1, 0.15) is 32.6 Å². The van der Waals surface area contributed by atoms with Crippen LogP contribution in [0.15, 0.2) is 0 Å². The first-order chi connectivity index (χ1) is 6.08. The Morgan fingerprint density at radius 2 is 2.08 bits per heavy atom. The summed E-state index contributed by atoms with van der Waals surface area (Å²) < 4.78 is 0. The summed E-state index contributed by atoms with van der Waals surface area (Å²) in [6, 6.07) is 0. The maximum absolute atomic E-state index is 11.2. The molecular formula is C9H15NO3. The topological polar surface area (TPSA) is 66.4 Å². The zero-order valence-electron chi connectivity index (χ0n) is 7.80. The number of nitrogens with one attached hydrogen (secondary N) is 1. The Kier molecular flexibility index (Phi) is 3.03. The minimum absolute atomic E-state index is 0.0311. The third-order valence-corrected chi connectivity index (χ3v) is 2.43. The number of aliphatic hydroxyl groups is 1. The second-order valence-corrected chi connectivity index (χ2v) is 3.72. The first kappa shape index (κ1) is 10.2. The summed E-state index contributed by atoms with van der Waals surface area (Å²) in [5, 5.41) is 11.7. The molecule has 1 amide bonds. The molecule has 0 heterocycles. The highest BCUT2D eigenvalue weighted by Gasteiger charge is 2.37. The van der Waals surface area contributed by atoms with Crippen LogP contribution in [0.3, 0.4) is 0 Å². The van der Waals surface area contributed by atoms with Gasteiger partial charge in [-0.05, 0) is 26.2 Å². The van der Waals surface area contributed by atoms with Crippen LogP contribution in [-0.4, -0.2) is 28.9 Å². The monoisotopic (exact) mass is 185 g/mol. The summed E-state index contributed by atoms with van der Waals surface area (Å²) in [7, 11) is 0. The maximum atomic E-state index is 11.2. The van der Waals surface area contributed by atoms with Crippen LogP contribution < -0.4 is 5.32 Å². The van der Waals surface area contributed by atoms with Gasteiger partial charge in [0.2, 0.25) is 5.91 Å². The van der Waals surface area contributed by atoms with Gasteiger partial charge >= 0.3 is 0 Å². The predicted molar refractivity (Wildman–Crippen MR) is 47.1 cm³/mol. The van der Waals surface area contributed by atoms with Crippen LogP contribution in [0, 0.1) is 0 Å². The van der Waals surface area contributed by atoms with E-state index in [1.54, 1.807) is 0 Å². The summed E-state index contributed by atoms with van der Waals surface area (Å²) in [4.78, 5) is 21.8. The lowest BCUT2D eigenvalue weighted by molar-refractivity contribution is -0.129. The van der Waals surface area contributed by atoms with Crippen LogP contribution in [0.25, 0.3) is 0 Å². The van der Waals surface area contributed by atoms with Crippen molar-refractivity contribution in [3.8, 4) is 0 Å². The Hall–Kier alpha value is -0.900. The Balaban J connectivity index is 2.38. The smallest absolute Gasteiger partial charge is 0.227 e. The molecule has 0 aromatic carbocycles. The lowest BCUT2D eigenvalue weighted by atomic mass is 9.77. The molecule has 0 aromatic rings. The minimum Gasteiger partial charge on any atom is -0.394 e. The average Bonchev–Trinajstić information content (AvgIpc) is 1.95. The average molecular weight is 185 g/mol. The number of carbonyl (C=O) groups is 2. The van der Waals surface area contributed by atoms with E-state index < -0.39 is 5.54 Å². The van der Waals surface area contributed by atoms with E-state index in [0.717, 1.165) is 19.3 Å². The van der Waals surface area contributed by atoms with Gasteiger partial charge in [0.05, 0.1) is 18.6 Å². The van der Waals surface area contributed by atoms with Crippen molar-refractivity contribution >= 4 is 11.7 Å². The Labute approximate surface area is 77.3 Å². The van der Waals surface area contributed by atoms with Gasteiger partial charge < -0.3 is 10.4 Å². The van der Waals surface area contributed by atoms with E-state index in [-0.39, 0.29) is 24.7 Å². The zero-order valence-corrected chi connectivity index (χ0v) is 7.80. The highest BCUT2D eigenvalue weighted by molar-refractivity contribution is 5.97. The van der Waals surface area contributed by atoms with E-state index in [1.807, 2.05) is 0 Å². The third-order valence-electron chi connectivity index (χ3n) is 2.43. The maximum Gasteiger partial charge on any atom is 0.227 e. The molecule has 0 spiro atoms. The van der Waals surface area contributed by atoms with Crippen molar-refractivity contribution in [3.05, 3.63) is 0 Å². The molecular weight excluding hydrogens is 170 g/mol. The van der Waals surface area contributed by atoms with Crippen molar-refractivity contribution in [3.63, 3.8) is 0 Å². The number of amides is 1. The molecule has 0 radical (unpaired) electrons. The summed E-state index contributed by atoms with van der Waals surface area (Å²) in [6.45, 7) is 1.35. The fourth-order valence-electron chi connectivity index (χ4n) is 1.49. The third kappa shape index (κ3) is 2.52. The first-order valence-electron chi connectivity index (χ1n) is 4.49. The molecule has 0 unspecified atom stereocenters. The van der Waals surface area contributed by atoms with E-state index in [4.69, 9.17) is 5.11 Å². The minimum atomic E-state index is -0.424. The van der Waals surface area contributed by atoms with Gasteiger partial charge in [0.15, 0.2) is 0 Å². The number of hydrogen-bond donors (Lipinski definition) is 2. The summed E-state index contributed by atoms with van der Waals surface area (Å²) >= 11 is 0. The van der Waals surface area contributed by atoms with Gasteiger partial charge in [0, 0.05) is 0 Å². The molecule has 1 fully saturated rings. The number of carbonyl (C=O) groups excluding carboxylic acids is 2. The SMILES string of the molecule is CC(=O)CC(=O)NC1(CO)CCC1. The molecule has 74 valence electrons. The Morgan fingerprint density at radius 3 is 2.38 bits per heavy atom. The fraction of sp³-hybridized carbons (Fsp3) is 0.778. The van der Waals surface area contributed by atoms with Gasteiger partial charge in [0.1, 0.15) is 5.78 Å². The number of rotatable bonds is 4. The second kappa shape index (κ2) is 3.87. The Morgan fingerprint density at radius 1 is 1.46 bits per heavy atom. The molecule has 0 saturated heterocycles. The van der Waals surface area contributed by atoms with Crippen LogP contribution in [0.2, 0.25) is 0 Å². The van der Waals surface area contributed by atoms with Crippen LogP contribution >= 0.6 is 0 Å². The van der Waals surface area contributed by atoms with Crippen molar-refractivity contribution in [1.82, 2.24) is 5.32 Å². The molecule has 4 heteroatoms. The molecule has 0 aromatic heterocycles. The van der Waals surface area contributed by atoms with Crippen molar-refractivity contribution in [1.29, 1.82) is 0 Å². The van der Waals surface area contributed by atoms with Gasteiger partial charge in [-0.3, -0.25) is 9.59 Å². The zero-order chi connectivity index (χ0) is 9.90. The van der Waals surface area contributed by atoms with Crippen molar-refractivity contribution in [2.45, 2.75) is 38.1 Å². The summed E-state index contributed by atoms with van der Waals surface area (Å²) in [5.74, 6) is -0.425. The first-order valence-corrected chi connectivity index (χ1v) is 4.49. The molecule has 0 bridgehead atoms. The van der Waals surface area contributed by atoms with Crippen LogP contribution in [0.5, 0.6) is 0 Å². The van der Waals surface area contributed by atoms with Crippen molar-refractivity contribution < 1.29 is 14.7 Å². The van der Waals surface area contributed by atoms with E-state index in [1.165, 1.54) is 6.92 Å². The molecule has 13 heavy (non-hydrogen) atoms. The van der Waals surface area contributed by atoms with E-state index >= 15 is 0 Å². The molecule has 2 N–H and O–H groups in total. The van der Waals surface area contributed by atoms with Gasteiger partial charge in [-0.1, -0.05) is 0 Å². The number of ketones is 1. The predicted octanol–water partition coefficient (Wildman–Crippen LogP) is -0.00330. The molecule has 1 aliphatic carbocycles. The largest absolute Gasteiger partial charge is 0.394 e. The Bertz CT molecular complexity index is 215. The molecule has 4 nitrogen and oxygen atoms in total. The van der Waals surface area contributed by atoms with E-state index in [2.05, 4.69) is 5.32 Å². The normalized spacial score (nSPS) is 18.9. The van der Waals surface area contributed by atoms with Gasteiger partial charge in [-0.15, -0.1) is 0 Å².